The summed E-state index contributed by atoms with van der Waals surface area (Å²) in [5, 5.41) is 3.94. The molecule has 0 aromatic heterocycles. The second-order valence-electron chi connectivity index (χ2n) is 7.53. The summed E-state index contributed by atoms with van der Waals surface area (Å²) in [5.41, 5.74) is 0.920. The number of hydrogen-bond donors (Lipinski definition) is 1. The Hall–Kier alpha value is -0.120. The van der Waals surface area contributed by atoms with E-state index in [1.165, 1.54) is 57.9 Å². The Morgan fingerprint density at radius 2 is 1.80 bits per heavy atom. The fraction of sp³-hybridized carbons (Fsp3) is 1.00. The first-order chi connectivity index (χ1) is 9.63. The molecule has 2 atom stereocenters. The van der Waals surface area contributed by atoms with Gasteiger partial charge in [-0.15, -0.1) is 0 Å². The largest absolute Gasteiger partial charge is 0.378 e. The molecular weight excluding hydrogens is 248 g/mol. The van der Waals surface area contributed by atoms with Crippen molar-refractivity contribution in [2.45, 2.75) is 76.0 Å². The van der Waals surface area contributed by atoms with Crippen LogP contribution in [0.5, 0.6) is 0 Å². The third-order valence-electron chi connectivity index (χ3n) is 6.60. The van der Waals surface area contributed by atoms with E-state index >= 15 is 0 Å². The molecule has 0 bridgehead atoms. The van der Waals surface area contributed by atoms with Gasteiger partial charge in [0.25, 0.3) is 0 Å². The Morgan fingerprint density at radius 1 is 1.10 bits per heavy atom. The van der Waals surface area contributed by atoms with Gasteiger partial charge in [0.1, 0.15) is 0 Å². The maximum absolute atomic E-state index is 5.96. The average Bonchev–Trinajstić information content (AvgIpc) is 2.80. The number of nitrogens with zero attached hydrogens (tertiary/aromatic N) is 1. The zero-order chi connectivity index (χ0) is 14.2. The van der Waals surface area contributed by atoms with Crippen LogP contribution in [-0.2, 0) is 4.74 Å². The highest BCUT2D eigenvalue weighted by atomic mass is 16.5. The molecule has 1 spiro atoms. The number of nitrogens with one attached hydrogen (secondary N) is 1. The molecule has 3 fully saturated rings. The SMILES string of the molecule is CCOC1CC(NCC2(N(C)C)CCCC2)C12CCC2. The smallest absolute Gasteiger partial charge is 0.0661 e. The highest BCUT2D eigenvalue weighted by molar-refractivity contribution is 5.13. The fourth-order valence-corrected chi connectivity index (χ4v) is 4.85. The third-order valence-corrected chi connectivity index (χ3v) is 6.60. The second kappa shape index (κ2) is 5.58. The molecule has 0 radical (unpaired) electrons. The molecule has 116 valence electrons. The molecule has 3 nitrogen and oxygen atoms in total. The van der Waals surface area contributed by atoms with E-state index in [2.05, 4.69) is 31.2 Å². The van der Waals surface area contributed by atoms with Crippen LogP contribution in [0.1, 0.15) is 58.3 Å². The maximum Gasteiger partial charge on any atom is 0.0661 e. The Balaban J connectivity index is 1.56. The van der Waals surface area contributed by atoms with Crippen molar-refractivity contribution < 1.29 is 4.74 Å². The van der Waals surface area contributed by atoms with Gasteiger partial charge < -0.3 is 15.0 Å². The van der Waals surface area contributed by atoms with Crippen LogP contribution >= 0.6 is 0 Å². The molecule has 20 heavy (non-hydrogen) atoms. The van der Waals surface area contributed by atoms with Gasteiger partial charge in [-0.05, 0) is 53.1 Å². The van der Waals surface area contributed by atoms with Gasteiger partial charge >= 0.3 is 0 Å². The lowest BCUT2D eigenvalue weighted by molar-refractivity contribution is -0.174. The van der Waals surface area contributed by atoms with E-state index in [0.29, 0.717) is 23.1 Å². The summed E-state index contributed by atoms with van der Waals surface area (Å²) in [6.45, 7) is 4.18. The normalized spacial score (nSPS) is 34.2. The molecular formula is C17H32N2O. The van der Waals surface area contributed by atoms with Gasteiger partial charge in [-0.1, -0.05) is 19.3 Å². The van der Waals surface area contributed by atoms with Crippen LogP contribution in [-0.4, -0.2) is 49.8 Å². The number of ether oxygens (including phenoxy) is 1. The first kappa shape index (κ1) is 14.8. The minimum Gasteiger partial charge on any atom is -0.378 e. The first-order valence-electron chi connectivity index (χ1n) is 8.65. The Bertz CT molecular complexity index is 332. The Kier molecular flexibility index (Phi) is 4.13. The quantitative estimate of drug-likeness (QED) is 0.810. The predicted molar refractivity (Wildman–Crippen MR) is 83.0 cm³/mol. The monoisotopic (exact) mass is 280 g/mol. The molecule has 1 N–H and O–H groups in total. The molecule has 0 amide bonds. The summed E-state index contributed by atoms with van der Waals surface area (Å²) < 4.78 is 5.96. The van der Waals surface area contributed by atoms with Crippen LogP contribution in [0.3, 0.4) is 0 Å². The third kappa shape index (κ3) is 2.22. The van der Waals surface area contributed by atoms with E-state index in [1.807, 2.05) is 0 Å². The van der Waals surface area contributed by atoms with E-state index in [-0.39, 0.29) is 0 Å². The summed E-state index contributed by atoms with van der Waals surface area (Å²) in [7, 11) is 4.52. The van der Waals surface area contributed by atoms with Gasteiger partial charge in [-0.2, -0.15) is 0 Å². The molecule has 3 heteroatoms. The molecule has 0 heterocycles. The minimum absolute atomic E-state index is 0.418. The number of hydrogen-bond acceptors (Lipinski definition) is 3. The summed E-state index contributed by atoms with van der Waals surface area (Å²) >= 11 is 0. The van der Waals surface area contributed by atoms with Crippen molar-refractivity contribution in [3.05, 3.63) is 0 Å². The van der Waals surface area contributed by atoms with E-state index in [9.17, 15) is 0 Å². The van der Waals surface area contributed by atoms with Gasteiger partial charge in [0.15, 0.2) is 0 Å². The van der Waals surface area contributed by atoms with Gasteiger partial charge in [-0.3, -0.25) is 0 Å². The van der Waals surface area contributed by atoms with Crippen LogP contribution < -0.4 is 5.32 Å². The highest BCUT2D eigenvalue weighted by Gasteiger charge is 2.59. The average molecular weight is 280 g/mol. The van der Waals surface area contributed by atoms with Crippen LogP contribution in [0.2, 0.25) is 0 Å². The lowest BCUT2D eigenvalue weighted by Gasteiger charge is -2.61. The molecule has 0 saturated heterocycles. The topological polar surface area (TPSA) is 24.5 Å². The lowest BCUT2D eigenvalue weighted by Crippen LogP contribution is -2.68. The van der Waals surface area contributed by atoms with Crippen molar-refractivity contribution in [3.8, 4) is 0 Å². The van der Waals surface area contributed by atoms with Gasteiger partial charge in [0.05, 0.1) is 6.10 Å². The van der Waals surface area contributed by atoms with Gasteiger partial charge in [0, 0.05) is 30.1 Å². The Morgan fingerprint density at radius 3 is 2.30 bits per heavy atom. The van der Waals surface area contributed by atoms with Crippen LogP contribution in [0.4, 0.5) is 0 Å². The zero-order valence-electron chi connectivity index (χ0n) is 13.6. The molecule has 0 aliphatic heterocycles. The fourth-order valence-electron chi connectivity index (χ4n) is 4.85. The van der Waals surface area contributed by atoms with Gasteiger partial charge in [-0.25, -0.2) is 0 Å². The zero-order valence-corrected chi connectivity index (χ0v) is 13.6. The van der Waals surface area contributed by atoms with E-state index in [4.69, 9.17) is 4.74 Å². The van der Waals surface area contributed by atoms with Crippen molar-refractivity contribution in [2.75, 3.05) is 27.2 Å². The summed E-state index contributed by atoms with van der Waals surface area (Å²) in [6, 6.07) is 0.713. The van der Waals surface area contributed by atoms with Crippen molar-refractivity contribution in [1.82, 2.24) is 10.2 Å². The molecule has 2 unspecified atom stereocenters. The van der Waals surface area contributed by atoms with E-state index in [0.717, 1.165) is 6.61 Å². The minimum atomic E-state index is 0.418. The Labute approximate surface area is 124 Å². The molecule has 0 aromatic rings. The number of rotatable bonds is 6. The van der Waals surface area contributed by atoms with Crippen LogP contribution in [0.25, 0.3) is 0 Å². The van der Waals surface area contributed by atoms with E-state index in [1.54, 1.807) is 0 Å². The first-order valence-corrected chi connectivity index (χ1v) is 8.65. The van der Waals surface area contributed by atoms with E-state index < -0.39 is 0 Å². The highest BCUT2D eigenvalue weighted by Crippen LogP contribution is 2.57. The summed E-state index contributed by atoms with van der Waals surface area (Å²) in [5.74, 6) is 0. The molecule has 3 aliphatic carbocycles. The van der Waals surface area contributed by atoms with Gasteiger partial charge in [0.2, 0.25) is 0 Å². The van der Waals surface area contributed by atoms with Crippen LogP contribution in [0, 0.1) is 5.41 Å². The summed E-state index contributed by atoms with van der Waals surface area (Å²) in [6.07, 6.45) is 11.5. The van der Waals surface area contributed by atoms with Crippen LogP contribution in [0.15, 0.2) is 0 Å². The second-order valence-corrected chi connectivity index (χ2v) is 7.53. The standard InChI is InChI=1S/C17H32N2O/c1-4-20-15-12-14(17(15)10-7-11-17)18-13-16(19(2)3)8-5-6-9-16/h14-15,18H,4-13H2,1-3H3. The molecule has 3 aliphatic rings. The van der Waals surface area contributed by atoms with Crippen molar-refractivity contribution in [2.24, 2.45) is 5.41 Å². The molecule has 3 saturated carbocycles. The van der Waals surface area contributed by atoms with Crippen molar-refractivity contribution in [1.29, 1.82) is 0 Å². The number of likely N-dealkylation sites (N-methyl/N-ethyl adjacent to an activating group) is 1. The maximum atomic E-state index is 5.96. The lowest BCUT2D eigenvalue weighted by atomic mass is 9.51. The molecule has 3 rings (SSSR count). The van der Waals surface area contributed by atoms with Crippen molar-refractivity contribution >= 4 is 0 Å². The van der Waals surface area contributed by atoms with Crippen molar-refractivity contribution in [3.63, 3.8) is 0 Å². The molecule has 0 aromatic carbocycles. The predicted octanol–water partition coefficient (Wildman–Crippen LogP) is 2.80. The summed E-state index contributed by atoms with van der Waals surface area (Å²) in [4.78, 5) is 2.47.